The molecule has 0 radical (unpaired) electrons. The van der Waals surface area contributed by atoms with Gasteiger partial charge in [-0.15, -0.1) is 0 Å². The van der Waals surface area contributed by atoms with Crippen LogP contribution in [0.1, 0.15) is 32.5 Å². The summed E-state index contributed by atoms with van der Waals surface area (Å²) in [5.41, 5.74) is 1.87. The topological polar surface area (TPSA) is 72.2 Å². The van der Waals surface area contributed by atoms with Gasteiger partial charge in [-0.1, -0.05) is 19.1 Å². The van der Waals surface area contributed by atoms with Crippen molar-refractivity contribution < 1.29 is 13.5 Å². The van der Waals surface area contributed by atoms with Crippen molar-refractivity contribution in [2.45, 2.75) is 38.6 Å². The van der Waals surface area contributed by atoms with E-state index in [2.05, 4.69) is 5.10 Å². The van der Waals surface area contributed by atoms with Gasteiger partial charge in [-0.05, 0) is 32.9 Å². The minimum Gasteiger partial charge on any atom is -0.504 e. The van der Waals surface area contributed by atoms with Crippen LogP contribution in [-0.2, 0) is 9.84 Å². The number of rotatable bonds is 4. The molecular formula is C15H20N2O3S. The molecule has 0 aliphatic heterocycles. The summed E-state index contributed by atoms with van der Waals surface area (Å²) in [6, 6.07) is 6.60. The molecule has 0 saturated heterocycles. The zero-order chi connectivity index (χ0) is 15.8. The van der Waals surface area contributed by atoms with Gasteiger partial charge in [0.1, 0.15) is 5.69 Å². The fourth-order valence-electron chi connectivity index (χ4n) is 2.19. The number of hydrogen-bond donors (Lipinski definition) is 1. The van der Waals surface area contributed by atoms with E-state index in [1.54, 1.807) is 35.9 Å². The van der Waals surface area contributed by atoms with Crippen molar-refractivity contribution in [1.29, 1.82) is 0 Å². The molecule has 2 rings (SSSR count). The molecule has 0 saturated carbocycles. The number of nitrogens with zero attached hydrogens (tertiary/aromatic N) is 2. The molecule has 5 nitrogen and oxygen atoms in total. The Hall–Kier alpha value is -1.82. The fourth-order valence-corrected chi connectivity index (χ4v) is 3.08. The maximum atomic E-state index is 11.8. The third-order valence-corrected chi connectivity index (χ3v) is 5.22. The molecule has 0 fully saturated rings. The van der Waals surface area contributed by atoms with Gasteiger partial charge in [0.25, 0.3) is 0 Å². The lowest BCUT2D eigenvalue weighted by Crippen LogP contribution is -2.04. The van der Waals surface area contributed by atoms with Crippen LogP contribution in [0.25, 0.3) is 11.3 Å². The molecule has 1 aromatic heterocycles. The Morgan fingerprint density at radius 2 is 1.81 bits per heavy atom. The first-order valence-corrected chi connectivity index (χ1v) is 8.54. The molecule has 0 atom stereocenters. The lowest BCUT2D eigenvalue weighted by Gasteiger charge is -2.06. The molecule has 6 heteroatoms. The zero-order valence-electron chi connectivity index (χ0n) is 12.7. The summed E-state index contributed by atoms with van der Waals surface area (Å²) in [4.78, 5) is 0.285. The molecule has 1 heterocycles. The van der Waals surface area contributed by atoms with Crippen LogP contribution < -0.4 is 0 Å². The lowest BCUT2D eigenvalue weighted by molar-refractivity contribution is 0.461. The van der Waals surface area contributed by atoms with Gasteiger partial charge < -0.3 is 5.11 Å². The van der Waals surface area contributed by atoms with Crippen LogP contribution in [0.4, 0.5) is 0 Å². The smallest absolute Gasteiger partial charge is 0.178 e. The predicted octanol–water partition coefficient (Wildman–Crippen LogP) is 2.94. The van der Waals surface area contributed by atoms with Crippen molar-refractivity contribution in [2.24, 2.45) is 0 Å². The van der Waals surface area contributed by atoms with Gasteiger partial charge in [0.05, 0.1) is 16.3 Å². The third-order valence-electron chi connectivity index (χ3n) is 3.47. The van der Waals surface area contributed by atoms with Gasteiger partial charge in [0.15, 0.2) is 15.6 Å². The van der Waals surface area contributed by atoms with Crippen LogP contribution >= 0.6 is 0 Å². The summed E-state index contributed by atoms with van der Waals surface area (Å²) in [6.45, 7) is 7.39. The van der Waals surface area contributed by atoms with E-state index in [-0.39, 0.29) is 22.4 Å². The molecular weight excluding hydrogens is 288 g/mol. The Balaban J connectivity index is 2.47. The Morgan fingerprint density at radius 3 is 2.24 bits per heavy atom. The molecule has 0 bridgehead atoms. The van der Waals surface area contributed by atoms with E-state index in [9.17, 15) is 13.5 Å². The minimum absolute atomic E-state index is 0.0681. The molecule has 0 spiro atoms. The molecule has 0 amide bonds. The normalized spacial score (nSPS) is 12.0. The van der Waals surface area contributed by atoms with Gasteiger partial charge in [-0.25, -0.2) is 8.42 Å². The number of sulfone groups is 1. The summed E-state index contributed by atoms with van der Waals surface area (Å²) in [7, 11) is -3.21. The average Bonchev–Trinajstić information content (AvgIpc) is 2.76. The van der Waals surface area contributed by atoms with Crippen LogP contribution in [0.2, 0.25) is 0 Å². The molecule has 2 aromatic rings. The van der Waals surface area contributed by atoms with E-state index in [4.69, 9.17) is 0 Å². The summed E-state index contributed by atoms with van der Waals surface area (Å²) in [5, 5.41) is 14.6. The first-order valence-electron chi connectivity index (χ1n) is 6.89. The molecule has 0 unspecified atom stereocenters. The Bertz CT molecular complexity index is 744. The first kappa shape index (κ1) is 15.6. The van der Waals surface area contributed by atoms with E-state index < -0.39 is 9.84 Å². The van der Waals surface area contributed by atoms with E-state index in [1.807, 2.05) is 20.8 Å². The van der Waals surface area contributed by atoms with Crippen molar-refractivity contribution in [3.8, 4) is 17.0 Å². The average molecular weight is 308 g/mol. The van der Waals surface area contributed by atoms with Crippen molar-refractivity contribution in [3.05, 3.63) is 30.0 Å². The molecule has 114 valence electrons. The second-order valence-corrected chi connectivity index (χ2v) is 7.53. The Kier molecular flexibility index (Phi) is 4.09. The highest BCUT2D eigenvalue weighted by Crippen LogP contribution is 2.32. The largest absolute Gasteiger partial charge is 0.504 e. The number of aromatic nitrogens is 2. The highest BCUT2D eigenvalue weighted by molar-refractivity contribution is 7.91. The Morgan fingerprint density at radius 1 is 1.24 bits per heavy atom. The molecule has 1 aromatic carbocycles. The summed E-state index contributed by atoms with van der Waals surface area (Å²) < 4.78 is 25.3. The standard InChI is InChI=1S/C15H20N2O3S/c1-5-21(19,20)13-8-6-12(7-9-13)14-15(18)11(4)17(16-14)10(2)3/h6-10,18H,5H2,1-4H3. The van der Waals surface area contributed by atoms with E-state index in [0.29, 0.717) is 17.0 Å². The minimum atomic E-state index is -3.21. The quantitative estimate of drug-likeness (QED) is 0.942. The molecule has 0 aliphatic rings. The second-order valence-electron chi connectivity index (χ2n) is 5.25. The molecule has 21 heavy (non-hydrogen) atoms. The highest BCUT2D eigenvalue weighted by atomic mass is 32.2. The van der Waals surface area contributed by atoms with Crippen LogP contribution in [0.5, 0.6) is 5.75 Å². The maximum absolute atomic E-state index is 11.8. The predicted molar refractivity (Wildman–Crippen MR) is 82.2 cm³/mol. The van der Waals surface area contributed by atoms with Crippen molar-refractivity contribution in [1.82, 2.24) is 9.78 Å². The number of hydrogen-bond acceptors (Lipinski definition) is 4. The maximum Gasteiger partial charge on any atom is 0.178 e. The number of aromatic hydroxyl groups is 1. The van der Waals surface area contributed by atoms with Gasteiger partial charge in [-0.2, -0.15) is 5.10 Å². The van der Waals surface area contributed by atoms with Crippen LogP contribution in [-0.4, -0.2) is 29.1 Å². The Labute approximate surface area is 125 Å². The van der Waals surface area contributed by atoms with Crippen LogP contribution in [0.3, 0.4) is 0 Å². The van der Waals surface area contributed by atoms with Crippen LogP contribution in [0.15, 0.2) is 29.2 Å². The third kappa shape index (κ3) is 2.81. The van der Waals surface area contributed by atoms with Crippen molar-refractivity contribution in [2.75, 3.05) is 5.75 Å². The number of benzene rings is 1. The van der Waals surface area contributed by atoms with Gasteiger partial charge in [0.2, 0.25) is 0 Å². The van der Waals surface area contributed by atoms with Gasteiger partial charge in [0, 0.05) is 11.6 Å². The molecule has 1 N–H and O–H groups in total. The SMILES string of the molecule is CCS(=O)(=O)c1ccc(-c2nn(C(C)C)c(C)c2O)cc1. The van der Waals surface area contributed by atoms with Gasteiger partial charge >= 0.3 is 0 Å². The highest BCUT2D eigenvalue weighted by Gasteiger charge is 2.18. The van der Waals surface area contributed by atoms with Crippen molar-refractivity contribution in [3.63, 3.8) is 0 Å². The molecule has 0 aliphatic carbocycles. The summed E-state index contributed by atoms with van der Waals surface area (Å²) in [5.74, 6) is 0.202. The van der Waals surface area contributed by atoms with Crippen LogP contribution in [0, 0.1) is 6.92 Å². The van der Waals surface area contributed by atoms with Crippen molar-refractivity contribution >= 4 is 9.84 Å². The first-order chi connectivity index (χ1) is 9.77. The van der Waals surface area contributed by atoms with E-state index in [1.165, 1.54) is 0 Å². The second kappa shape index (κ2) is 5.52. The van der Waals surface area contributed by atoms with Gasteiger partial charge in [-0.3, -0.25) is 4.68 Å². The summed E-state index contributed by atoms with van der Waals surface area (Å²) >= 11 is 0. The van der Waals surface area contributed by atoms with E-state index >= 15 is 0 Å². The zero-order valence-corrected chi connectivity index (χ0v) is 13.5. The van der Waals surface area contributed by atoms with E-state index in [0.717, 1.165) is 0 Å². The summed E-state index contributed by atoms with van der Waals surface area (Å²) in [6.07, 6.45) is 0. The monoisotopic (exact) mass is 308 g/mol. The lowest BCUT2D eigenvalue weighted by atomic mass is 10.1. The fraction of sp³-hybridized carbons (Fsp3) is 0.400.